The van der Waals surface area contributed by atoms with Crippen LogP contribution in [0.1, 0.15) is 5.56 Å². The first kappa shape index (κ1) is 19.8. The summed E-state index contributed by atoms with van der Waals surface area (Å²) >= 11 is 8.54. The molecule has 3 aromatic rings. The molecule has 1 unspecified atom stereocenters. The number of amides is 1. The van der Waals surface area contributed by atoms with Crippen LogP contribution in [0.3, 0.4) is 0 Å². The van der Waals surface area contributed by atoms with E-state index in [1.54, 1.807) is 18.2 Å². The van der Waals surface area contributed by atoms with Crippen LogP contribution in [0.5, 0.6) is 0 Å². The molecular formula is C17H13ClFN5O3S2. The average molecular weight is 454 g/mol. The third-order valence-electron chi connectivity index (χ3n) is 4.21. The fourth-order valence-corrected chi connectivity index (χ4v) is 4.80. The molecular weight excluding hydrogens is 441 g/mol. The van der Waals surface area contributed by atoms with Crippen LogP contribution in [0.2, 0.25) is 5.02 Å². The second kappa shape index (κ2) is 8.11. The number of nitrogens with zero attached hydrogens (tertiary/aromatic N) is 3. The van der Waals surface area contributed by atoms with E-state index in [0.29, 0.717) is 16.2 Å². The van der Waals surface area contributed by atoms with E-state index in [1.807, 2.05) is 0 Å². The first-order valence-corrected chi connectivity index (χ1v) is 10.6. The molecule has 2 heterocycles. The maximum absolute atomic E-state index is 13.3. The summed E-state index contributed by atoms with van der Waals surface area (Å²) in [7, 11) is 0. The SMILES string of the molecule is O=C1CSC(NNc2nc3cc(F)ccc3s2)N1Cc1ccc(Cl)cc1[N+](=O)[O-]. The molecule has 4 rings (SSSR count). The lowest BCUT2D eigenvalue weighted by Gasteiger charge is -2.24. The number of nitrogens with one attached hydrogen (secondary N) is 2. The largest absolute Gasteiger partial charge is 0.311 e. The van der Waals surface area contributed by atoms with E-state index in [4.69, 9.17) is 11.6 Å². The quantitative estimate of drug-likeness (QED) is 0.430. The van der Waals surface area contributed by atoms with Crippen molar-refractivity contribution >= 4 is 61.6 Å². The lowest BCUT2D eigenvalue weighted by molar-refractivity contribution is -0.385. The number of hydrogen-bond donors (Lipinski definition) is 2. The molecule has 1 aliphatic heterocycles. The summed E-state index contributed by atoms with van der Waals surface area (Å²) in [5, 5.41) is 12.1. The van der Waals surface area contributed by atoms with Crippen molar-refractivity contribution in [3.05, 3.63) is 62.9 Å². The van der Waals surface area contributed by atoms with E-state index >= 15 is 0 Å². The maximum atomic E-state index is 13.3. The van der Waals surface area contributed by atoms with Gasteiger partial charge in [-0.25, -0.2) is 14.8 Å². The van der Waals surface area contributed by atoms with E-state index in [2.05, 4.69) is 15.8 Å². The van der Waals surface area contributed by atoms with Gasteiger partial charge < -0.3 is 4.90 Å². The van der Waals surface area contributed by atoms with Crippen molar-refractivity contribution in [1.82, 2.24) is 15.3 Å². The van der Waals surface area contributed by atoms with E-state index < -0.39 is 10.4 Å². The Kier molecular flexibility index (Phi) is 5.54. The first-order valence-electron chi connectivity index (χ1n) is 8.32. The zero-order valence-electron chi connectivity index (χ0n) is 14.6. The number of nitro groups is 1. The fourth-order valence-electron chi connectivity index (χ4n) is 2.85. The Bertz CT molecular complexity index is 1110. The van der Waals surface area contributed by atoms with Crippen LogP contribution in [0.4, 0.5) is 15.2 Å². The molecule has 2 N–H and O–H groups in total. The van der Waals surface area contributed by atoms with E-state index in [1.165, 1.54) is 46.2 Å². The predicted octanol–water partition coefficient (Wildman–Crippen LogP) is 3.97. The van der Waals surface area contributed by atoms with Crippen LogP contribution in [0, 0.1) is 15.9 Å². The Morgan fingerprint density at radius 2 is 2.17 bits per heavy atom. The van der Waals surface area contributed by atoms with Gasteiger partial charge in [0.05, 0.1) is 27.4 Å². The molecule has 0 aliphatic carbocycles. The molecule has 150 valence electrons. The maximum Gasteiger partial charge on any atom is 0.275 e. The van der Waals surface area contributed by atoms with Gasteiger partial charge >= 0.3 is 0 Å². The van der Waals surface area contributed by atoms with Gasteiger partial charge in [0.25, 0.3) is 5.69 Å². The van der Waals surface area contributed by atoms with Gasteiger partial charge in [-0.3, -0.25) is 20.3 Å². The molecule has 1 aromatic heterocycles. The van der Waals surface area contributed by atoms with Crippen LogP contribution in [0.15, 0.2) is 36.4 Å². The lowest BCUT2D eigenvalue weighted by Crippen LogP contribution is -2.44. The van der Waals surface area contributed by atoms with Gasteiger partial charge in [-0.05, 0) is 24.3 Å². The Hall–Kier alpha value is -2.47. The number of nitro benzene ring substituents is 1. The summed E-state index contributed by atoms with van der Waals surface area (Å²) in [6, 6.07) is 8.72. The highest BCUT2D eigenvalue weighted by molar-refractivity contribution is 8.00. The number of thioether (sulfide) groups is 1. The number of carbonyl (C=O) groups is 1. The van der Waals surface area contributed by atoms with Crippen LogP contribution in [-0.4, -0.2) is 32.0 Å². The molecule has 1 aliphatic rings. The highest BCUT2D eigenvalue weighted by Gasteiger charge is 2.33. The van der Waals surface area contributed by atoms with Crippen molar-refractivity contribution in [3.8, 4) is 0 Å². The molecule has 1 amide bonds. The van der Waals surface area contributed by atoms with E-state index in [9.17, 15) is 19.3 Å². The van der Waals surface area contributed by atoms with E-state index in [-0.39, 0.29) is 34.7 Å². The monoisotopic (exact) mass is 453 g/mol. The summed E-state index contributed by atoms with van der Waals surface area (Å²) < 4.78 is 14.1. The number of hydrogen-bond acceptors (Lipinski definition) is 8. The minimum absolute atomic E-state index is 0.0592. The number of fused-ring (bicyclic) bond motifs is 1. The second-order valence-corrected chi connectivity index (χ2v) is 8.65. The molecule has 0 bridgehead atoms. The van der Waals surface area contributed by atoms with Gasteiger partial charge in [-0.15, -0.1) is 11.8 Å². The Morgan fingerprint density at radius 3 is 2.97 bits per heavy atom. The summed E-state index contributed by atoms with van der Waals surface area (Å²) in [5.41, 5.74) is 6.28. The smallest absolute Gasteiger partial charge is 0.275 e. The fraction of sp³-hybridized carbons (Fsp3) is 0.176. The summed E-state index contributed by atoms with van der Waals surface area (Å²) in [4.78, 5) is 28.9. The second-order valence-electron chi connectivity index (χ2n) is 6.12. The third kappa shape index (κ3) is 4.27. The molecule has 12 heteroatoms. The number of anilines is 1. The molecule has 0 radical (unpaired) electrons. The van der Waals surface area contributed by atoms with Crippen LogP contribution in [0.25, 0.3) is 10.2 Å². The number of carbonyl (C=O) groups excluding carboxylic acids is 1. The third-order valence-corrected chi connectivity index (χ3v) is 6.49. The number of benzene rings is 2. The van der Waals surface area contributed by atoms with Crippen molar-refractivity contribution in [1.29, 1.82) is 0 Å². The number of thiazole rings is 1. The summed E-state index contributed by atoms with van der Waals surface area (Å²) in [6.45, 7) is 0.0592. The molecule has 2 aromatic carbocycles. The molecule has 0 saturated carbocycles. The molecule has 1 saturated heterocycles. The molecule has 1 atom stereocenters. The number of aromatic nitrogens is 1. The van der Waals surface area contributed by atoms with Gasteiger partial charge in [0, 0.05) is 22.7 Å². The number of rotatable bonds is 6. The number of halogens is 2. The standard InChI is InChI=1S/C17H13ClFN5O3S2/c18-10-2-1-9(13(5-10)24(26)27)7-23-15(25)8-28-17(23)22-21-16-20-12-6-11(19)3-4-14(12)29-16/h1-6,17,22H,7-8H2,(H,20,21). The van der Waals surface area contributed by atoms with Crippen LogP contribution in [-0.2, 0) is 11.3 Å². The van der Waals surface area contributed by atoms with Crippen LogP contribution >= 0.6 is 34.7 Å². The Balaban J connectivity index is 1.49. The van der Waals surface area contributed by atoms with Gasteiger partial charge in [-0.1, -0.05) is 22.9 Å². The first-order chi connectivity index (χ1) is 13.9. The van der Waals surface area contributed by atoms with Crippen molar-refractivity contribution in [2.24, 2.45) is 0 Å². The van der Waals surface area contributed by atoms with Crippen molar-refractivity contribution < 1.29 is 14.1 Å². The van der Waals surface area contributed by atoms with Crippen molar-refractivity contribution in [3.63, 3.8) is 0 Å². The Morgan fingerprint density at radius 1 is 1.34 bits per heavy atom. The summed E-state index contributed by atoms with van der Waals surface area (Å²) in [5.74, 6) is -0.272. The zero-order valence-corrected chi connectivity index (χ0v) is 17.0. The molecule has 1 fully saturated rings. The van der Waals surface area contributed by atoms with Crippen molar-refractivity contribution in [2.45, 2.75) is 12.0 Å². The minimum atomic E-state index is -0.518. The normalized spacial score (nSPS) is 16.6. The van der Waals surface area contributed by atoms with E-state index in [0.717, 1.165) is 4.70 Å². The lowest BCUT2D eigenvalue weighted by atomic mass is 10.1. The van der Waals surface area contributed by atoms with Gasteiger partial charge in [0.15, 0.2) is 5.13 Å². The predicted molar refractivity (Wildman–Crippen MR) is 111 cm³/mol. The molecule has 29 heavy (non-hydrogen) atoms. The van der Waals surface area contributed by atoms with Gasteiger partial charge in [0.2, 0.25) is 5.91 Å². The average Bonchev–Trinajstić information content (AvgIpc) is 3.24. The molecule has 8 nitrogen and oxygen atoms in total. The minimum Gasteiger partial charge on any atom is -0.311 e. The van der Waals surface area contributed by atoms with Gasteiger partial charge in [-0.2, -0.15) is 0 Å². The topological polar surface area (TPSA) is 100 Å². The number of hydrazine groups is 1. The molecule has 0 spiro atoms. The highest BCUT2D eigenvalue weighted by atomic mass is 35.5. The van der Waals surface area contributed by atoms with Gasteiger partial charge in [0.1, 0.15) is 11.3 Å². The Labute approximate surface area is 177 Å². The zero-order chi connectivity index (χ0) is 20.5. The highest BCUT2D eigenvalue weighted by Crippen LogP contribution is 2.30. The van der Waals surface area contributed by atoms with Crippen LogP contribution < -0.4 is 10.9 Å². The summed E-state index contributed by atoms with van der Waals surface area (Å²) in [6.07, 6.45) is 0. The van der Waals surface area contributed by atoms with Crippen molar-refractivity contribution in [2.75, 3.05) is 11.2 Å².